The van der Waals surface area contributed by atoms with Crippen LogP contribution in [0.4, 0.5) is 4.79 Å². The van der Waals surface area contributed by atoms with Gasteiger partial charge in [-0.2, -0.15) is 0 Å². The number of hydrogen-bond acceptors (Lipinski definition) is 3. The van der Waals surface area contributed by atoms with Crippen molar-refractivity contribution in [2.45, 2.75) is 52.1 Å². The first-order valence-corrected chi connectivity index (χ1v) is 6.96. The van der Waals surface area contributed by atoms with Crippen molar-refractivity contribution in [1.82, 2.24) is 4.90 Å². The van der Waals surface area contributed by atoms with Gasteiger partial charge in [0.25, 0.3) is 0 Å². The van der Waals surface area contributed by atoms with Crippen molar-refractivity contribution in [3.05, 3.63) is 0 Å². The number of carbonyl (C=O) groups excluding carboxylic acids is 1. The number of carboxylic acid groups (broad SMARTS) is 1. The Morgan fingerprint density at radius 1 is 1.32 bits per heavy atom. The van der Waals surface area contributed by atoms with E-state index >= 15 is 0 Å². The average molecular weight is 269 g/mol. The summed E-state index contributed by atoms with van der Waals surface area (Å²) in [5, 5.41) is 9.55. The quantitative estimate of drug-likeness (QED) is 0.794. The summed E-state index contributed by atoms with van der Waals surface area (Å²) in [7, 11) is 0. The van der Waals surface area contributed by atoms with Gasteiger partial charge < -0.3 is 14.7 Å². The van der Waals surface area contributed by atoms with Gasteiger partial charge in [0.15, 0.2) is 0 Å². The predicted molar refractivity (Wildman–Crippen MR) is 69.8 cm³/mol. The summed E-state index contributed by atoms with van der Waals surface area (Å²) < 4.78 is 5.35. The molecule has 0 aromatic heterocycles. The molecule has 0 bridgehead atoms. The number of carboxylic acids is 1. The molecule has 0 spiro atoms. The minimum atomic E-state index is -0.761. The zero-order chi connectivity index (χ0) is 14.3. The van der Waals surface area contributed by atoms with Gasteiger partial charge >= 0.3 is 12.1 Å². The molecule has 2 aliphatic rings. The summed E-state index contributed by atoms with van der Waals surface area (Å²) in [4.78, 5) is 25.3. The number of rotatable bonds is 1. The van der Waals surface area contributed by atoms with Gasteiger partial charge in [0.05, 0.1) is 5.41 Å². The fourth-order valence-electron chi connectivity index (χ4n) is 3.27. The maximum Gasteiger partial charge on any atom is 0.410 e. The molecule has 1 amide bonds. The Labute approximate surface area is 113 Å². The zero-order valence-electron chi connectivity index (χ0n) is 11.9. The lowest BCUT2D eigenvalue weighted by atomic mass is 9.68. The highest BCUT2D eigenvalue weighted by Gasteiger charge is 2.54. The van der Waals surface area contributed by atoms with Crippen molar-refractivity contribution in [1.29, 1.82) is 0 Å². The van der Waals surface area contributed by atoms with E-state index in [-0.39, 0.29) is 12.0 Å². The standard InChI is InChI=1S/C14H23NO4/c1-13(2,3)19-12(18)15-8-10-6-4-5-7-14(10,9-15)11(16)17/h10H,4-9H2,1-3H3,(H,16,17)/t10-,14-/m1/s1. The summed E-state index contributed by atoms with van der Waals surface area (Å²) >= 11 is 0. The van der Waals surface area contributed by atoms with E-state index in [1.54, 1.807) is 4.90 Å². The van der Waals surface area contributed by atoms with Crippen LogP contribution in [0.25, 0.3) is 0 Å². The Morgan fingerprint density at radius 3 is 2.53 bits per heavy atom. The van der Waals surface area contributed by atoms with Crippen molar-refractivity contribution in [2.75, 3.05) is 13.1 Å². The second kappa shape index (κ2) is 4.69. The molecule has 1 heterocycles. The molecule has 2 fully saturated rings. The number of ether oxygens (including phenoxy) is 1. The lowest BCUT2D eigenvalue weighted by Crippen LogP contribution is -2.42. The van der Waals surface area contributed by atoms with Crippen molar-refractivity contribution in [2.24, 2.45) is 11.3 Å². The summed E-state index contributed by atoms with van der Waals surface area (Å²) in [6.45, 7) is 6.27. The molecule has 1 aliphatic carbocycles. The monoisotopic (exact) mass is 269 g/mol. The highest BCUT2D eigenvalue weighted by molar-refractivity contribution is 5.78. The van der Waals surface area contributed by atoms with Crippen LogP contribution in [0.1, 0.15) is 46.5 Å². The fraction of sp³-hybridized carbons (Fsp3) is 0.857. The number of likely N-dealkylation sites (tertiary alicyclic amines) is 1. The number of aliphatic carboxylic acids is 1. The molecule has 0 aromatic rings. The van der Waals surface area contributed by atoms with Gasteiger partial charge in [0.2, 0.25) is 0 Å². The Bertz CT molecular complexity index is 387. The molecular formula is C14H23NO4. The molecule has 0 unspecified atom stereocenters. The van der Waals surface area contributed by atoms with Crippen molar-refractivity contribution < 1.29 is 19.4 Å². The third kappa shape index (κ3) is 2.69. The smallest absolute Gasteiger partial charge is 0.410 e. The first kappa shape index (κ1) is 14.2. The molecule has 5 heteroatoms. The molecule has 108 valence electrons. The van der Waals surface area contributed by atoms with E-state index < -0.39 is 17.0 Å². The highest BCUT2D eigenvalue weighted by atomic mass is 16.6. The van der Waals surface area contributed by atoms with Crippen LogP contribution < -0.4 is 0 Å². The van der Waals surface area contributed by atoms with Crippen LogP contribution in [0.15, 0.2) is 0 Å². The molecule has 1 N–H and O–H groups in total. The third-order valence-corrected chi connectivity index (χ3v) is 4.20. The van der Waals surface area contributed by atoms with Gasteiger partial charge in [-0.25, -0.2) is 4.79 Å². The van der Waals surface area contributed by atoms with Crippen LogP contribution in [-0.2, 0) is 9.53 Å². The molecule has 1 aliphatic heterocycles. The van der Waals surface area contributed by atoms with Gasteiger partial charge in [0, 0.05) is 13.1 Å². The molecular weight excluding hydrogens is 246 g/mol. The largest absolute Gasteiger partial charge is 0.481 e. The Balaban J connectivity index is 2.11. The lowest BCUT2D eigenvalue weighted by Gasteiger charge is -2.34. The maximum absolute atomic E-state index is 12.1. The average Bonchev–Trinajstić information content (AvgIpc) is 2.67. The van der Waals surface area contributed by atoms with Gasteiger partial charge in [-0.3, -0.25) is 4.79 Å². The van der Waals surface area contributed by atoms with E-state index in [0.717, 1.165) is 19.3 Å². The number of hydrogen-bond donors (Lipinski definition) is 1. The van der Waals surface area contributed by atoms with Crippen LogP contribution in [0, 0.1) is 11.3 Å². The fourth-order valence-corrected chi connectivity index (χ4v) is 3.27. The van der Waals surface area contributed by atoms with E-state index in [1.807, 2.05) is 20.8 Å². The van der Waals surface area contributed by atoms with E-state index in [1.165, 1.54) is 0 Å². The van der Waals surface area contributed by atoms with Crippen LogP contribution in [0.5, 0.6) is 0 Å². The summed E-state index contributed by atoms with van der Waals surface area (Å²) in [5.74, 6) is -0.686. The minimum Gasteiger partial charge on any atom is -0.481 e. The third-order valence-electron chi connectivity index (χ3n) is 4.20. The zero-order valence-corrected chi connectivity index (χ0v) is 11.9. The van der Waals surface area contributed by atoms with Crippen LogP contribution in [0.2, 0.25) is 0 Å². The van der Waals surface area contributed by atoms with E-state index in [4.69, 9.17) is 4.74 Å². The number of fused-ring (bicyclic) bond motifs is 1. The summed E-state index contributed by atoms with van der Waals surface area (Å²) in [5.41, 5.74) is -1.28. The molecule has 2 atom stereocenters. The molecule has 1 saturated carbocycles. The predicted octanol–water partition coefficient (Wildman–Crippen LogP) is 2.50. The van der Waals surface area contributed by atoms with Gasteiger partial charge in [-0.1, -0.05) is 12.8 Å². The molecule has 0 aromatic carbocycles. The number of amides is 1. The van der Waals surface area contributed by atoms with Crippen molar-refractivity contribution in [3.8, 4) is 0 Å². The number of carbonyl (C=O) groups is 2. The lowest BCUT2D eigenvalue weighted by molar-refractivity contribution is -0.152. The Hall–Kier alpha value is -1.26. The first-order valence-electron chi connectivity index (χ1n) is 6.96. The molecule has 2 rings (SSSR count). The van der Waals surface area contributed by atoms with E-state index in [2.05, 4.69) is 0 Å². The van der Waals surface area contributed by atoms with Crippen LogP contribution in [-0.4, -0.2) is 40.8 Å². The maximum atomic E-state index is 12.1. The van der Waals surface area contributed by atoms with Crippen LogP contribution in [0.3, 0.4) is 0 Å². The minimum absolute atomic E-state index is 0.0752. The second-order valence-electron chi connectivity index (χ2n) is 6.76. The van der Waals surface area contributed by atoms with Crippen LogP contribution >= 0.6 is 0 Å². The van der Waals surface area contributed by atoms with Crippen molar-refractivity contribution >= 4 is 12.1 Å². The summed E-state index contributed by atoms with van der Waals surface area (Å²) in [6, 6.07) is 0. The first-order chi connectivity index (χ1) is 8.74. The van der Waals surface area contributed by atoms with E-state index in [9.17, 15) is 14.7 Å². The second-order valence-corrected chi connectivity index (χ2v) is 6.76. The topological polar surface area (TPSA) is 66.8 Å². The molecule has 0 radical (unpaired) electrons. The Kier molecular flexibility index (Phi) is 3.49. The molecule has 19 heavy (non-hydrogen) atoms. The van der Waals surface area contributed by atoms with Gasteiger partial charge in [-0.05, 0) is 39.5 Å². The van der Waals surface area contributed by atoms with Crippen molar-refractivity contribution in [3.63, 3.8) is 0 Å². The Morgan fingerprint density at radius 2 is 2.00 bits per heavy atom. The number of nitrogens with zero attached hydrogens (tertiary/aromatic N) is 1. The normalized spacial score (nSPS) is 30.9. The van der Waals surface area contributed by atoms with Gasteiger partial charge in [0.1, 0.15) is 5.60 Å². The summed E-state index contributed by atoms with van der Waals surface area (Å²) in [6.07, 6.45) is 3.17. The van der Waals surface area contributed by atoms with Gasteiger partial charge in [-0.15, -0.1) is 0 Å². The SMILES string of the molecule is CC(C)(C)OC(=O)N1C[C@H]2CCCC[C@@]2(C(=O)O)C1. The highest BCUT2D eigenvalue weighted by Crippen LogP contribution is 2.47. The molecule has 5 nitrogen and oxygen atoms in total. The molecule has 1 saturated heterocycles. The van der Waals surface area contributed by atoms with E-state index in [0.29, 0.717) is 19.5 Å².